The van der Waals surface area contributed by atoms with Crippen LogP contribution in [0.5, 0.6) is 5.75 Å². The molecule has 0 aliphatic carbocycles. The monoisotopic (exact) mass is 521 g/mol. The number of benzene rings is 3. The van der Waals surface area contributed by atoms with Crippen LogP contribution < -0.4 is 20.3 Å². The first-order chi connectivity index (χ1) is 15.8. The van der Waals surface area contributed by atoms with Gasteiger partial charge in [0.25, 0.3) is 0 Å². The number of ether oxygens (including phenoxy) is 1. The topological polar surface area (TPSA) is 53.6 Å². The average Bonchev–Trinajstić information content (AvgIpc) is 2.76. The number of carbonyl (C=O) groups excluding carboxylic acids is 1. The van der Waals surface area contributed by atoms with Crippen molar-refractivity contribution in [3.63, 3.8) is 0 Å². The van der Waals surface area contributed by atoms with E-state index in [2.05, 4.69) is 32.6 Å². The first-order valence-electron chi connectivity index (χ1n) is 10.8. The number of nitrogens with one attached hydrogen (secondary N) is 2. The van der Waals surface area contributed by atoms with Crippen LogP contribution >= 0.6 is 28.1 Å². The summed E-state index contributed by atoms with van der Waals surface area (Å²) in [6.07, 6.45) is 0. The molecule has 0 spiro atoms. The molecule has 2 aliphatic rings. The molecule has 3 atom stereocenters. The predicted molar refractivity (Wildman–Crippen MR) is 139 cm³/mol. The smallest absolute Gasteiger partial charge is 0.236 e. The number of hydrogen-bond donors (Lipinski definition) is 2. The third-order valence-electron chi connectivity index (χ3n) is 6.41. The maximum Gasteiger partial charge on any atom is 0.236 e. The number of thiocarbonyl (C=S) groups is 1. The van der Waals surface area contributed by atoms with Crippen LogP contribution in [0.1, 0.15) is 29.7 Å². The van der Waals surface area contributed by atoms with Gasteiger partial charge in [-0.2, -0.15) is 0 Å². The van der Waals surface area contributed by atoms with Gasteiger partial charge in [-0.25, -0.2) is 0 Å². The second-order valence-electron chi connectivity index (χ2n) is 8.72. The Hall–Kier alpha value is -2.90. The van der Waals surface area contributed by atoms with E-state index in [-0.39, 0.29) is 11.9 Å². The van der Waals surface area contributed by atoms with Crippen LogP contribution in [-0.4, -0.2) is 16.7 Å². The fourth-order valence-corrected chi connectivity index (χ4v) is 5.55. The quantitative estimate of drug-likeness (QED) is 0.422. The molecule has 1 amide bonds. The molecule has 1 saturated heterocycles. The van der Waals surface area contributed by atoms with Crippen molar-refractivity contribution in [2.75, 3.05) is 10.2 Å². The highest BCUT2D eigenvalue weighted by molar-refractivity contribution is 9.10. The fourth-order valence-electron chi connectivity index (χ4n) is 4.87. The minimum atomic E-state index is -1.03. The number of anilines is 2. The zero-order valence-electron chi connectivity index (χ0n) is 18.6. The van der Waals surface area contributed by atoms with E-state index in [1.165, 1.54) is 0 Å². The number of halogens is 1. The molecule has 7 heteroatoms. The third-order valence-corrected chi connectivity index (χ3v) is 7.24. The summed E-state index contributed by atoms with van der Waals surface area (Å²) in [5.41, 5.74) is 3.71. The standard InChI is InChI=1S/C26H24BrN3O2S/c1-15-8-13-20(16(2)14-15)28-24(31)22-23-19-6-4-5-7-21(19)32-26(22,3)30(25(33)29-23)18-11-9-17(27)10-12-18/h4-14,22-23H,1-3H3,(H,28,31)(H,29,33)/t22-,23-,26+/m1/s1. The molecule has 3 aromatic carbocycles. The number of fused-ring (bicyclic) bond motifs is 4. The Balaban J connectivity index is 1.61. The van der Waals surface area contributed by atoms with Crippen molar-refractivity contribution < 1.29 is 9.53 Å². The summed E-state index contributed by atoms with van der Waals surface area (Å²) in [7, 11) is 0. The second-order valence-corrected chi connectivity index (χ2v) is 10.0. The molecule has 0 aromatic heterocycles. The number of aryl methyl sites for hydroxylation is 2. The van der Waals surface area contributed by atoms with E-state index in [0.29, 0.717) is 5.11 Å². The van der Waals surface area contributed by atoms with Gasteiger partial charge in [-0.05, 0) is 75.0 Å². The van der Waals surface area contributed by atoms with Crippen molar-refractivity contribution in [3.8, 4) is 5.75 Å². The van der Waals surface area contributed by atoms with E-state index in [0.717, 1.165) is 38.3 Å². The van der Waals surface area contributed by atoms with Gasteiger partial charge in [0, 0.05) is 21.4 Å². The Morgan fingerprint density at radius 3 is 2.58 bits per heavy atom. The van der Waals surface area contributed by atoms with Crippen molar-refractivity contribution in [3.05, 3.63) is 87.9 Å². The van der Waals surface area contributed by atoms with Crippen LogP contribution in [0.3, 0.4) is 0 Å². The van der Waals surface area contributed by atoms with Crippen LogP contribution in [0.25, 0.3) is 0 Å². The van der Waals surface area contributed by atoms with Crippen molar-refractivity contribution in [1.82, 2.24) is 5.32 Å². The molecule has 168 valence electrons. The minimum Gasteiger partial charge on any atom is -0.467 e. The molecule has 5 rings (SSSR count). The van der Waals surface area contributed by atoms with Gasteiger partial charge in [0.05, 0.1) is 6.04 Å². The molecule has 2 N–H and O–H groups in total. The van der Waals surface area contributed by atoms with Crippen LogP contribution in [-0.2, 0) is 4.79 Å². The number of para-hydroxylation sites is 1. The first-order valence-corrected chi connectivity index (χ1v) is 12.0. The maximum atomic E-state index is 13.9. The Kier molecular flexibility index (Phi) is 5.41. The molecule has 2 heterocycles. The van der Waals surface area contributed by atoms with Gasteiger partial charge >= 0.3 is 0 Å². The van der Waals surface area contributed by atoms with E-state index < -0.39 is 11.6 Å². The van der Waals surface area contributed by atoms with Gasteiger partial charge in [0.2, 0.25) is 5.91 Å². The summed E-state index contributed by atoms with van der Waals surface area (Å²) in [5.74, 6) is 0.0576. The number of hydrogen-bond acceptors (Lipinski definition) is 3. The Morgan fingerprint density at radius 2 is 1.85 bits per heavy atom. The van der Waals surface area contributed by atoms with Crippen LogP contribution in [0.2, 0.25) is 0 Å². The number of amides is 1. The molecule has 0 radical (unpaired) electrons. The van der Waals surface area contributed by atoms with Gasteiger partial charge < -0.3 is 15.4 Å². The van der Waals surface area contributed by atoms with Gasteiger partial charge in [0.1, 0.15) is 11.7 Å². The van der Waals surface area contributed by atoms with Crippen molar-refractivity contribution >= 4 is 50.5 Å². The number of carbonyl (C=O) groups is 1. The summed E-state index contributed by atoms with van der Waals surface area (Å²) in [6.45, 7) is 5.98. The van der Waals surface area contributed by atoms with E-state index in [1.807, 2.05) is 86.3 Å². The van der Waals surface area contributed by atoms with Crippen LogP contribution in [0.15, 0.2) is 71.2 Å². The zero-order valence-corrected chi connectivity index (χ0v) is 21.0. The first kappa shape index (κ1) is 21.9. The lowest BCUT2D eigenvalue weighted by molar-refractivity contribution is -0.130. The minimum absolute atomic E-state index is 0.124. The summed E-state index contributed by atoms with van der Waals surface area (Å²) in [5, 5.41) is 7.11. The second kappa shape index (κ2) is 8.15. The van der Waals surface area contributed by atoms with Crippen molar-refractivity contribution in [1.29, 1.82) is 0 Å². The Labute approximate surface area is 207 Å². The van der Waals surface area contributed by atoms with Crippen LogP contribution in [0.4, 0.5) is 11.4 Å². The summed E-state index contributed by atoms with van der Waals surface area (Å²) < 4.78 is 7.57. The molecule has 1 fully saturated rings. The van der Waals surface area contributed by atoms with E-state index in [9.17, 15) is 4.79 Å². The highest BCUT2D eigenvalue weighted by Gasteiger charge is 2.59. The van der Waals surface area contributed by atoms with Gasteiger partial charge in [0.15, 0.2) is 10.8 Å². The lowest BCUT2D eigenvalue weighted by Gasteiger charge is -2.56. The molecule has 2 bridgehead atoms. The molecular weight excluding hydrogens is 498 g/mol. The number of rotatable bonds is 3. The van der Waals surface area contributed by atoms with E-state index in [1.54, 1.807) is 0 Å². The lowest BCUT2D eigenvalue weighted by Crippen LogP contribution is -2.72. The predicted octanol–water partition coefficient (Wildman–Crippen LogP) is 5.87. The molecular formula is C26H24BrN3O2S. The Bertz CT molecular complexity index is 1260. The third kappa shape index (κ3) is 3.69. The van der Waals surface area contributed by atoms with Gasteiger partial charge in [-0.1, -0.05) is 51.8 Å². The summed E-state index contributed by atoms with van der Waals surface area (Å²) in [6, 6.07) is 21.4. The van der Waals surface area contributed by atoms with E-state index >= 15 is 0 Å². The molecule has 0 saturated carbocycles. The highest BCUT2D eigenvalue weighted by atomic mass is 79.9. The molecule has 5 nitrogen and oxygen atoms in total. The van der Waals surface area contributed by atoms with Gasteiger partial charge in [-0.15, -0.1) is 0 Å². The lowest BCUT2D eigenvalue weighted by atomic mass is 9.78. The average molecular weight is 522 g/mol. The molecule has 3 aromatic rings. The molecule has 33 heavy (non-hydrogen) atoms. The maximum absolute atomic E-state index is 13.9. The van der Waals surface area contributed by atoms with Crippen LogP contribution in [0, 0.1) is 19.8 Å². The highest BCUT2D eigenvalue weighted by Crippen LogP contribution is 2.49. The summed E-state index contributed by atoms with van der Waals surface area (Å²) in [4.78, 5) is 15.8. The van der Waals surface area contributed by atoms with Crippen molar-refractivity contribution in [2.45, 2.75) is 32.5 Å². The number of nitrogens with zero attached hydrogens (tertiary/aromatic N) is 1. The normalized spacial score (nSPS) is 23.3. The van der Waals surface area contributed by atoms with Crippen molar-refractivity contribution in [2.24, 2.45) is 5.92 Å². The largest absolute Gasteiger partial charge is 0.467 e. The van der Waals surface area contributed by atoms with E-state index in [4.69, 9.17) is 17.0 Å². The molecule has 0 unspecified atom stereocenters. The zero-order chi connectivity index (χ0) is 23.3. The summed E-state index contributed by atoms with van der Waals surface area (Å²) >= 11 is 9.29. The Morgan fingerprint density at radius 1 is 1.12 bits per heavy atom. The van der Waals surface area contributed by atoms with Gasteiger partial charge in [-0.3, -0.25) is 9.69 Å². The fraction of sp³-hybridized carbons (Fsp3) is 0.231. The molecule has 2 aliphatic heterocycles. The SMILES string of the molecule is Cc1ccc(NC(=O)[C@H]2[C@@H]3NC(=S)N(c4ccc(Br)cc4)[C@@]2(C)Oc2ccccc23)c(C)c1.